The number of hydrogen-bond donors (Lipinski definition) is 0. The van der Waals surface area contributed by atoms with Gasteiger partial charge in [0.15, 0.2) is 11.5 Å². The van der Waals surface area contributed by atoms with Gasteiger partial charge in [-0.15, -0.1) is 0 Å². The van der Waals surface area contributed by atoms with Crippen LogP contribution in [0.5, 0.6) is 17.2 Å². The SMILES string of the molecule is COC(=O)Cn1c2c(sc1=O)C(c1cc(OC)c(OC)c(OC)c1)CC(=O)N2c1cccc(Cl)c1. The van der Waals surface area contributed by atoms with Gasteiger partial charge in [0.25, 0.3) is 0 Å². The number of carbonyl (C=O) groups excluding carboxylic acids is 2. The van der Waals surface area contributed by atoms with Crippen molar-refractivity contribution in [1.29, 1.82) is 0 Å². The lowest BCUT2D eigenvalue weighted by molar-refractivity contribution is -0.141. The zero-order valence-corrected chi connectivity index (χ0v) is 21.1. The Morgan fingerprint density at radius 1 is 1.06 bits per heavy atom. The van der Waals surface area contributed by atoms with Crippen LogP contribution in [0.25, 0.3) is 0 Å². The summed E-state index contributed by atoms with van der Waals surface area (Å²) >= 11 is 7.17. The number of hydrogen-bond acceptors (Lipinski definition) is 8. The lowest BCUT2D eigenvalue weighted by Gasteiger charge is -2.33. The Balaban J connectivity index is 1.95. The molecule has 0 spiro atoms. The molecule has 1 unspecified atom stereocenters. The Labute approximate surface area is 210 Å². The van der Waals surface area contributed by atoms with Gasteiger partial charge in [-0.05, 0) is 35.9 Å². The summed E-state index contributed by atoms with van der Waals surface area (Å²) in [5, 5.41) is 0.431. The molecule has 0 saturated heterocycles. The second kappa shape index (κ2) is 10.0. The maximum Gasteiger partial charge on any atom is 0.325 e. The van der Waals surface area contributed by atoms with E-state index in [0.29, 0.717) is 44.2 Å². The lowest BCUT2D eigenvalue weighted by Crippen LogP contribution is -2.36. The van der Waals surface area contributed by atoms with Crippen LogP contribution in [0.15, 0.2) is 41.2 Å². The van der Waals surface area contributed by atoms with E-state index in [-0.39, 0.29) is 23.7 Å². The maximum atomic E-state index is 13.6. The smallest absolute Gasteiger partial charge is 0.325 e. The summed E-state index contributed by atoms with van der Waals surface area (Å²) in [6.45, 7) is -0.340. The highest BCUT2D eigenvalue weighted by Crippen LogP contribution is 2.48. The predicted octanol–water partition coefficient (Wildman–Crippen LogP) is 3.96. The second-order valence-electron chi connectivity index (χ2n) is 7.64. The third kappa shape index (κ3) is 4.46. The molecule has 0 N–H and O–H groups in total. The molecule has 1 atom stereocenters. The standard InChI is InChI=1S/C24H23ClN2O7S/c1-31-17-8-13(9-18(32-2)21(17)34-4)16-11-19(28)27(15-7-5-6-14(25)10-15)23-22(16)35-24(30)26(23)12-20(29)33-3/h5-10,16H,11-12H2,1-4H3. The number of rotatable bonds is 7. The number of esters is 1. The largest absolute Gasteiger partial charge is 0.493 e. The Hall–Kier alpha value is -3.50. The number of halogens is 1. The number of aromatic nitrogens is 1. The van der Waals surface area contributed by atoms with Gasteiger partial charge in [0.1, 0.15) is 12.4 Å². The molecule has 184 valence electrons. The molecular formula is C24H23ClN2O7S. The molecule has 11 heteroatoms. The first-order valence-corrected chi connectivity index (χ1v) is 11.7. The van der Waals surface area contributed by atoms with Gasteiger partial charge in [-0.2, -0.15) is 0 Å². The quantitative estimate of drug-likeness (QED) is 0.437. The van der Waals surface area contributed by atoms with Gasteiger partial charge in [-0.25, -0.2) is 0 Å². The fraction of sp³-hybridized carbons (Fsp3) is 0.292. The maximum absolute atomic E-state index is 13.6. The molecule has 3 aromatic rings. The number of benzene rings is 2. The molecule has 35 heavy (non-hydrogen) atoms. The number of methoxy groups -OCH3 is 4. The van der Waals surface area contributed by atoms with Crippen molar-refractivity contribution < 1.29 is 28.5 Å². The van der Waals surface area contributed by atoms with Gasteiger partial charge in [0, 0.05) is 17.4 Å². The summed E-state index contributed by atoms with van der Waals surface area (Å²) in [5.41, 5.74) is 1.19. The fourth-order valence-electron chi connectivity index (χ4n) is 4.14. The van der Waals surface area contributed by atoms with Crippen molar-refractivity contribution in [3.63, 3.8) is 0 Å². The zero-order valence-electron chi connectivity index (χ0n) is 19.5. The molecule has 0 aliphatic carbocycles. The summed E-state index contributed by atoms with van der Waals surface area (Å²) < 4.78 is 22.4. The molecule has 0 bridgehead atoms. The predicted molar refractivity (Wildman–Crippen MR) is 132 cm³/mol. The van der Waals surface area contributed by atoms with Crippen LogP contribution in [0.2, 0.25) is 5.02 Å². The highest BCUT2D eigenvalue weighted by molar-refractivity contribution is 7.10. The Morgan fingerprint density at radius 3 is 2.31 bits per heavy atom. The van der Waals surface area contributed by atoms with Gasteiger partial charge in [-0.3, -0.25) is 23.9 Å². The number of carbonyl (C=O) groups is 2. The molecule has 1 aliphatic heterocycles. The van der Waals surface area contributed by atoms with Crippen molar-refractivity contribution in [2.24, 2.45) is 0 Å². The number of amides is 1. The van der Waals surface area contributed by atoms with Crippen LogP contribution in [0.4, 0.5) is 11.5 Å². The molecule has 0 fully saturated rings. The molecule has 9 nitrogen and oxygen atoms in total. The van der Waals surface area contributed by atoms with Gasteiger partial charge in [0.2, 0.25) is 11.7 Å². The van der Waals surface area contributed by atoms with Crippen LogP contribution in [0.1, 0.15) is 22.8 Å². The molecule has 0 saturated carbocycles. The van der Waals surface area contributed by atoms with E-state index in [9.17, 15) is 14.4 Å². The van der Waals surface area contributed by atoms with E-state index in [1.165, 1.54) is 37.9 Å². The monoisotopic (exact) mass is 518 g/mol. The molecule has 1 aliphatic rings. The summed E-state index contributed by atoms with van der Waals surface area (Å²) in [4.78, 5) is 40.4. The number of nitrogens with zero attached hydrogens (tertiary/aromatic N) is 2. The fourth-order valence-corrected chi connectivity index (χ4v) is 5.42. The van der Waals surface area contributed by atoms with E-state index in [1.807, 2.05) is 0 Å². The van der Waals surface area contributed by atoms with E-state index < -0.39 is 11.9 Å². The first-order chi connectivity index (χ1) is 16.8. The molecule has 1 amide bonds. The van der Waals surface area contributed by atoms with Crippen LogP contribution >= 0.6 is 22.9 Å². The number of anilines is 2. The number of thiazole rings is 1. The van der Waals surface area contributed by atoms with Crippen molar-refractivity contribution in [1.82, 2.24) is 4.57 Å². The first-order valence-electron chi connectivity index (χ1n) is 10.5. The van der Waals surface area contributed by atoms with Crippen LogP contribution in [0.3, 0.4) is 0 Å². The Bertz CT molecular complexity index is 1320. The molecule has 2 heterocycles. The van der Waals surface area contributed by atoms with Gasteiger partial charge >= 0.3 is 10.8 Å². The van der Waals surface area contributed by atoms with Crippen molar-refractivity contribution >= 4 is 46.3 Å². The van der Waals surface area contributed by atoms with Crippen molar-refractivity contribution in [3.8, 4) is 17.2 Å². The van der Waals surface area contributed by atoms with Crippen LogP contribution in [-0.4, -0.2) is 44.9 Å². The average Bonchev–Trinajstić information content (AvgIpc) is 3.17. The molecule has 4 rings (SSSR count). The Kier molecular flexibility index (Phi) is 7.04. The average molecular weight is 519 g/mol. The minimum atomic E-state index is -0.610. The van der Waals surface area contributed by atoms with Crippen LogP contribution in [0, 0.1) is 0 Å². The van der Waals surface area contributed by atoms with E-state index in [2.05, 4.69) is 0 Å². The minimum absolute atomic E-state index is 0.0658. The summed E-state index contributed by atoms with van der Waals surface area (Å²) in [5.74, 6) is 0.207. The lowest BCUT2D eigenvalue weighted by atomic mass is 9.89. The van der Waals surface area contributed by atoms with E-state index >= 15 is 0 Å². The molecule has 1 aromatic heterocycles. The van der Waals surface area contributed by atoms with Gasteiger partial charge < -0.3 is 18.9 Å². The first kappa shape index (κ1) is 24.6. The van der Waals surface area contributed by atoms with Gasteiger partial charge in [0.05, 0.1) is 39.0 Å². The highest BCUT2D eigenvalue weighted by Gasteiger charge is 2.39. The molecule has 0 radical (unpaired) electrons. The van der Waals surface area contributed by atoms with E-state index in [4.69, 9.17) is 30.5 Å². The van der Waals surface area contributed by atoms with Crippen molar-refractivity contribution in [2.45, 2.75) is 18.9 Å². The number of ether oxygens (including phenoxy) is 4. The molecular weight excluding hydrogens is 496 g/mol. The normalized spacial score (nSPS) is 14.9. The topological polar surface area (TPSA) is 96.3 Å². The summed E-state index contributed by atoms with van der Waals surface area (Å²) in [6.07, 6.45) is 0.0658. The second-order valence-corrected chi connectivity index (χ2v) is 9.07. The van der Waals surface area contributed by atoms with Gasteiger partial charge in [-0.1, -0.05) is 29.0 Å². The zero-order chi connectivity index (χ0) is 25.3. The third-order valence-electron chi connectivity index (χ3n) is 5.72. The van der Waals surface area contributed by atoms with Crippen LogP contribution in [-0.2, 0) is 20.9 Å². The van der Waals surface area contributed by atoms with Crippen molar-refractivity contribution in [3.05, 3.63) is 61.5 Å². The van der Waals surface area contributed by atoms with E-state index in [1.54, 1.807) is 36.4 Å². The Morgan fingerprint density at radius 2 is 1.74 bits per heavy atom. The van der Waals surface area contributed by atoms with Crippen molar-refractivity contribution in [2.75, 3.05) is 33.3 Å². The van der Waals surface area contributed by atoms with Crippen LogP contribution < -0.4 is 24.0 Å². The summed E-state index contributed by atoms with van der Waals surface area (Å²) in [7, 11) is 5.75. The third-order valence-corrected chi connectivity index (χ3v) is 7.04. The van der Waals surface area contributed by atoms with E-state index in [0.717, 1.165) is 11.3 Å². The number of fused-ring (bicyclic) bond motifs is 1. The summed E-state index contributed by atoms with van der Waals surface area (Å²) in [6, 6.07) is 10.3. The highest BCUT2D eigenvalue weighted by atomic mass is 35.5. The minimum Gasteiger partial charge on any atom is -0.493 e. The molecule has 2 aromatic carbocycles.